The lowest BCUT2D eigenvalue weighted by atomic mass is 9.81. The highest BCUT2D eigenvalue weighted by molar-refractivity contribution is 5.79. The number of amides is 1. The van der Waals surface area contributed by atoms with E-state index in [1.54, 1.807) is 0 Å². The number of carbonyl (C=O) groups is 2. The molecule has 7 heteroatoms. The summed E-state index contributed by atoms with van der Waals surface area (Å²) in [7, 11) is 1.94. The average molecular weight is 381 g/mol. The Labute approximate surface area is 162 Å². The number of ether oxygens (including phenoxy) is 1. The monoisotopic (exact) mass is 380 g/mol. The van der Waals surface area contributed by atoms with Crippen LogP contribution in [-0.2, 0) is 14.3 Å². The van der Waals surface area contributed by atoms with Crippen LogP contribution in [0.2, 0.25) is 0 Å². The molecule has 2 atom stereocenters. The van der Waals surface area contributed by atoms with E-state index in [0.717, 1.165) is 57.8 Å². The minimum absolute atomic E-state index is 0.0263. The van der Waals surface area contributed by atoms with Crippen LogP contribution in [0.25, 0.3) is 0 Å². The van der Waals surface area contributed by atoms with Crippen molar-refractivity contribution in [2.75, 3.05) is 13.7 Å². The largest absolute Gasteiger partial charge is 0.466 e. The van der Waals surface area contributed by atoms with Gasteiger partial charge in [-0.25, -0.2) is 0 Å². The summed E-state index contributed by atoms with van der Waals surface area (Å²) in [6.45, 7) is 2.28. The van der Waals surface area contributed by atoms with Crippen molar-refractivity contribution >= 4 is 17.8 Å². The maximum Gasteiger partial charge on any atom is 0.305 e. The molecular weight excluding hydrogens is 344 g/mol. The van der Waals surface area contributed by atoms with Crippen molar-refractivity contribution in [3.05, 3.63) is 0 Å². The van der Waals surface area contributed by atoms with Crippen LogP contribution in [-0.4, -0.2) is 48.5 Å². The lowest BCUT2D eigenvalue weighted by molar-refractivity contribution is -0.143. The van der Waals surface area contributed by atoms with Crippen LogP contribution in [0.5, 0.6) is 0 Å². The van der Waals surface area contributed by atoms with E-state index in [-0.39, 0.29) is 29.8 Å². The zero-order valence-corrected chi connectivity index (χ0v) is 16.9. The normalized spacial score (nSPS) is 28.2. The third kappa shape index (κ3) is 6.70. The molecule has 0 spiro atoms. The number of hydrogen-bond acceptors (Lipinski definition) is 4. The van der Waals surface area contributed by atoms with Crippen LogP contribution in [0.1, 0.15) is 71.1 Å². The van der Waals surface area contributed by atoms with Crippen molar-refractivity contribution in [3.8, 4) is 0 Å². The number of carbonyl (C=O) groups excluding carboxylic acids is 2. The minimum atomic E-state index is -0.0976. The molecule has 7 nitrogen and oxygen atoms in total. The van der Waals surface area contributed by atoms with E-state index < -0.39 is 0 Å². The standard InChI is InChI=1S/C20H36N4O3/c1-3-27-18(25)12-9-14-7-10-17(11-8-14)24(2)19(26)15-5-4-6-16(13-15)23-20(21)22/h14-17H,3-13H2,1-2H3,(H4,21,22,23). The molecule has 0 aromatic carbocycles. The first-order chi connectivity index (χ1) is 12.9. The zero-order valence-electron chi connectivity index (χ0n) is 16.9. The van der Waals surface area contributed by atoms with E-state index >= 15 is 0 Å². The smallest absolute Gasteiger partial charge is 0.305 e. The zero-order chi connectivity index (χ0) is 19.8. The van der Waals surface area contributed by atoms with Crippen LogP contribution in [0.4, 0.5) is 0 Å². The summed E-state index contributed by atoms with van der Waals surface area (Å²) in [5.41, 5.74) is 11.0. The molecule has 27 heavy (non-hydrogen) atoms. The maximum atomic E-state index is 13.0. The molecule has 0 aromatic rings. The Kier molecular flexibility index (Phi) is 8.38. The van der Waals surface area contributed by atoms with Crippen molar-refractivity contribution in [2.24, 2.45) is 28.3 Å². The first-order valence-corrected chi connectivity index (χ1v) is 10.4. The Morgan fingerprint density at radius 3 is 2.44 bits per heavy atom. The van der Waals surface area contributed by atoms with Crippen LogP contribution in [0, 0.1) is 11.8 Å². The molecule has 0 bridgehead atoms. The molecule has 2 rings (SSSR count). The van der Waals surface area contributed by atoms with Gasteiger partial charge >= 0.3 is 5.97 Å². The van der Waals surface area contributed by atoms with Crippen molar-refractivity contribution in [1.82, 2.24) is 4.90 Å². The summed E-state index contributed by atoms with van der Waals surface area (Å²) < 4.78 is 5.01. The second-order valence-corrected chi connectivity index (χ2v) is 8.04. The van der Waals surface area contributed by atoms with Gasteiger partial charge in [-0.1, -0.05) is 6.42 Å². The quantitative estimate of drug-likeness (QED) is 0.399. The van der Waals surface area contributed by atoms with Crippen LogP contribution in [0.15, 0.2) is 4.99 Å². The Bertz CT molecular complexity index is 525. The van der Waals surface area contributed by atoms with Gasteiger partial charge in [-0.2, -0.15) is 0 Å². The van der Waals surface area contributed by atoms with E-state index in [1.807, 2.05) is 18.9 Å². The summed E-state index contributed by atoms with van der Waals surface area (Å²) in [6, 6.07) is 0.379. The molecule has 2 aliphatic carbocycles. The third-order valence-corrected chi connectivity index (χ3v) is 6.10. The van der Waals surface area contributed by atoms with Gasteiger partial charge in [-0.05, 0) is 64.2 Å². The fraction of sp³-hybridized carbons (Fsp3) is 0.850. The fourth-order valence-corrected chi connectivity index (χ4v) is 4.56. The summed E-state index contributed by atoms with van der Waals surface area (Å²) in [4.78, 5) is 30.7. The number of nitrogens with zero attached hydrogens (tertiary/aromatic N) is 2. The van der Waals surface area contributed by atoms with E-state index in [2.05, 4.69) is 4.99 Å². The second-order valence-electron chi connectivity index (χ2n) is 8.04. The van der Waals surface area contributed by atoms with E-state index in [0.29, 0.717) is 25.0 Å². The molecule has 2 fully saturated rings. The molecule has 1 amide bonds. The highest BCUT2D eigenvalue weighted by Crippen LogP contribution is 2.33. The Morgan fingerprint density at radius 1 is 1.11 bits per heavy atom. The minimum Gasteiger partial charge on any atom is -0.466 e. The highest BCUT2D eigenvalue weighted by atomic mass is 16.5. The van der Waals surface area contributed by atoms with Gasteiger partial charge in [0.2, 0.25) is 5.91 Å². The topological polar surface area (TPSA) is 111 Å². The maximum absolute atomic E-state index is 13.0. The van der Waals surface area contributed by atoms with Crippen LogP contribution in [0.3, 0.4) is 0 Å². The molecule has 0 saturated heterocycles. The summed E-state index contributed by atoms with van der Waals surface area (Å²) in [5, 5.41) is 0. The van der Waals surface area contributed by atoms with Gasteiger partial charge in [-0.3, -0.25) is 14.6 Å². The molecule has 0 aliphatic heterocycles. The molecular formula is C20H36N4O3. The predicted octanol–water partition coefficient (Wildman–Crippen LogP) is 2.18. The Morgan fingerprint density at radius 2 is 1.81 bits per heavy atom. The first kappa shape index (κ1) is 21.5. The molecule has 154 valence electrons. The summed E-state index contributed by atoms with van der Waals surface area (Å²) >= 11 is 0. The number of rotatable bonds is 7. The lowest BCUT2D eigenvalue weighted by Gasteiger charge is -2.37. The van der Waals surface area contributed by atoms with Crippen LogP contribution >= 0.6 is 0 Å². The molecule has 0 aromatic heterocycles. The highest BCUT2D eigenvalue weighted by Gasteiger charge is 2.33. The van der Waals surface area contributed by atoms with Gasteiger partial charge in [0.15, 0.2) is 5.96 Å². The van der Waals surface area contributed by atoms with Crippen molar-refractivity contribution in [3.63, 3.8) is 0 Å². The molecule has 2 unspecified atom stereocenters. The summed E-state index contributed by atoms with van der Waals surface area (Å²) in [6.07, 6.45) is 9.19. The van der Waals surface area contributed by atoms with Gasteiger partial charge in [0.1, 0.15) is 0 Å². The van der Waals surface area contributed by atoms with Gasteiger partial charge in [0.25, 0.3) is 0 Å². The van der Waals surface area contributed by atoms with E-state index in [9.17, 15) is 9.59 Å². The van der Waals surface area contributed by atoms with E-state index in [1.165, 1.54) is 0 Å². The molecule has 4 N–H and O–H groups in total. The Balaban J connectivity index is 1.77. The molecule has 0 radical (unpaired) electrons. The molecule has 0 heterocycles. The third-order valence-electron chi connectivity index (χ3n) is 6.10. The first-order valence-electron chi connectivity index (χ1n) is 10.4. The fourth-order valence-electron chi connectivity index (χ4n) is 4.56. The van der Waals surface area contributed by atoms with E-state index in [4.69, 9.17) is 16.2 Å². The molecule has 2 saturated carbocycles. The Hall–Kier alpha value is -1.79. The SMILES string of the molecule is CCOC(=O)CCC1CCC(N(C)C(=O)C2CCCC(N=C(N)N)C2)CC1. The van der Waals surface area contributed by atoms with Gasteiger partial charge in [0, 0.05) is 25.4 Å². The van der Waals surface area contributed by atoms with Gasteiger partial charge < -0.3 is 21.1 Å². The predicted molar refractivity (Wildman–Crippen MR) is 106 cm³/mol. The lowest BCUT2D eigenvalue weighted by Crippen LogP contribution is -2.44. The average Bonchev–Trinajstić information content (AvgIpc) is 2.65. The number of aliphatic imine (C=N–C) groups is 1. The van der Waals surface area contributed by atoms with Gasteiger partial charge in [-0.15, -0.1) is 0 Å². The second kappa shape index (κ2) is 10.5. The van der Waals surface area contributed by atoms with Crippen molar-refractivity contribution in [2.45, 2.75) is 83.2 Å². The molecule has 2 aliphatic rings. The number of nitrogens with two attached hydrogens (primary N) is 2. The van der Waals surface area contributed by atoms with Crippen LogP contribution < -0.4 is 11.5 Å². The van der Waals surface area contributed by atoms with Crippen molar-refractivity contribution < 1.29 is 14.3 Å². The number of esters is 1. The number of guanidine groups is 1. The van der Waals surface area contributed by atoms with Gasteiger partial charge in [0.05, 0.1) is 12.6 Å². The number of hydrogen-bond donors (Lipinski definition) is 2. The van der Waals surface area contributed by atoms with Crippen molar-refractivity contribution in [1.29, 1.82) is 0 Å². The summed E-state index contributed by atoms with van der Waals surface area (Å²) in [5.74, 6) is 0.844.